The van der Waals surface area contributed by atoms with Crippen LogP contribution in [-0.4, -0.2) is 42.8 Å². The van der Waals surface area contributed by atoms with Crippen molar-refractivity contribution in [2.24, 2.45) is 0 Å². The molecule has 1 aliphatic heterocycles. The van der Waals surface area contributed by atoms with E-state index in [-0.39, 0.29) is 15.6 Å². The first kappa shape index (κ1) is 16.9. The van der Waals surface area contributed by atoms with Gasteiger partial charge in [-0.2, -0.15) is 0 Å². The molecule has 0 amide bonds. The van der Waals surface area contributed by atoms with Gasteiger partial charge in [-0.15, -0.1) is 0 Å². The van der Waals surface area contributed by atoms with Crippen LogP contribution in [0.15, 0.2) is 17.0 Å². The molecule has 2 fully saturated rings. The molecule has 0 bridgehead atoms. The van der Waals surface area contributed by atoms with E-state index in [4.69, 9.17) is 17.3 Å². The number of aromatic hydroxyl groups is 1. The van der Waals surface area contributed by atoms with E-state index < -0.39 is 20.8 Å². The van der Waals surface area contributed by atoms with Gasteiger partial charge in [0.1, 0.15) is 4.90 Å². The molecule has 3 rings (SSSR count). The third-order valence-corrected chi connectivity index (χ3v) is 7.90. The molecule has 1 aromatic rings. The molecule has 7 heteroatoms. The van der Waals surface area contributed by atoms with E-state index in [9.17, 15) is 13.5 Å². The highest BCUT2D eigenvalue weighted by atomic mass is 35.5. The second-order valence-corrected chi connectivity index (χ2v) is 9.11. The van der Waals surface area contributed by atoms with Crippen LogP contribution < -0.4 is 5.73 Å². The van der Waals surface area contributed by atoms with Gasteiger partial charge in [0.2, 0.25) is 0 Å². The number of halogens is 1. The SMILES string of the molecule is Nc1ccc(Cl)c(S(=O)(=O)[C@H]2CC[C@H](N3CCCC3)CC2)c1O. The predicted molar refractivity (Wildman–Crippen MR) is 91.6 cm³/mol. The molecule has 0 spiro atoms. The molecular weight excluding hydrogens is 336 g/mol. The maximum atomic E-state index is 12.9. The van der Waals surface area contributed by atoms with Crippen molar-refractivity contribution in [3.63, 3.8) is 0 Å². The van der Waals surface area contributed by atoms with Gasteiger partial charge in [-0.3, -0.25) is 0 Å². The molecule has 2 aliphatic rings. The van der Waals surface area contributed by atoms with Crippen molar-refractivity contribution in [3.8, 4) is 5.75 Å². The summed E-state index contributed by atoms with van der Waals surface area (Å²) in [4.78, 5) is 2.28. The van der Waals surface area contributed by atoms with E-state index in [0.717, 1.165) is 25.9 Å². The molecule has 5 nitrogen and oxygen atoms in total. The van der Waals surface area contributed by atoms with Gasteiger partial charge in [0.15, 0.2) is 15.6 Å². The number of likely N-dealkylation sites (tertiary alicyclic amines) is 1. The van der Waals surface area contributed by atoms with Crippen LogP contribution >= 0.6 is 11.6 Å². The summed E-state index contributed by atoms with van der Waals surface area (Å²) in [7, 11) is -3.67. The second-order valence-electron chi connectivity index (χ2n) is 6.53. The van der Waals surface area contributed by atoms with Gasteiger partial charge >= 0.3 is 0 Å². The number of phenols is 1. The third-order valence-electron chi connectivity index (χ3n) is 5.14. The molecular formula is C16H23ClN2O3S. The Bertz CT molecular complexity index is 679. The Balaban J connectivity index is 1.78. The van der Waals surface area contributed by atoms with Crippen molar-refractivity contribution in [2.45, 2.75) is 54.7 Å². The fourth-order valence-electron chi connectivity index (χ4n) is 3.83. The molecule has 1 saturated carbocycles. The Kier molecular flexibility index (Phi) is 4.76. The van der Waals surface area contributed by atoms with Crippen LogP contribution in [0.5, 0.6) is 5.75 Å². The quantitative estimate of drug-likeness (QED) is 0.641. The number of benzene rings is 1. The zero-order valence-electron chi connectivity index (χ0n) is 13.0. The molecule has 128 valence electrons. The van der Waals surface area contributed by atoms with E-state index in [1.807, 2.05) is 0 Å². The first-order valence-electron chi connectivity index (χ1n) is 8.16. The normalized spacial score (nSPS) is 26.5. The maximum absolute atomic E-state index is 12.9. The van der Waals surface area contributed by atoms with E-state index in [0.29, 0.717) is 18.9 Å². The number of hydrogen-bond acceptors (Lipinski definition) is 5. The zero-order valence-corrected chi connectivity index (χ0v) is 14.6. The summed E-state index contributed by atoms with van der Waals surface area (Å²) >= 11 is 6.03. The largest absolute Gasteiger partial charge is 0.504 e. The summed E-state index contributed by atoms with van der Waals surface area (Å²) in [5.41, 5.74) is 5.68. The van der Waals surface area contributed by atoms with Crippen molar-refractivity contribution >= 4 is 27.1 Å². The smallest absolute Gasteiger partial charge is 0.186 e. The van der Waals surface area contributed by atoms with Crippen LogP contribution in [0.1, 0.15) is 38.5 Å². The monoisotopic (exact) mass is 358 g/mol. The van der Waals surface area contributed by atoms with Gasteiger partial charge in [-0.1, -0.05) is 11.6 Å². The number of hydrogen-bond donors (Lipinski definition) is 2. The van der Waals surface area contributed by atoms with Crippen LogP contribution in [-0.2, 0) is 9.84 Å². The molecule has 0 unspecified atom stereocenters. The molecule has 3 N–H and O–H groups in total. The lowest BCUT2D eigenvalue weighted by molar-refractivity contribution is 0.192. The van der Waals surface area contributed by atoms with Crippen molar-refractivity contribution in [2.75, 3.05) is 18.8 Å². The topological polar surface area (TPSA) is 83.6 Å². The Morgan fingerprint density at radius 2 is 1.74 bits per heavy atom. The first-order valence-corrected chi connectivity index (χ1v) is 10.1. The molecule has 0 radical (unpaired) electrons. The van der Waals surface area contributed by atoms with Crippen molar-refractivity contribution in [3.05, 3.63) is 17.2 Å². The summed E-state index contributed by atoms with van der Waals surface area (Å²) in [6.07, 6.45) is 5.45. The number of sulfone groups is 1. The molecule has 0 aromatic heterocycles. The van der Waals surface area contributed by atoms with Gasteiger partial charge in [0.05, 0.1) is 16.0 Å². The highest BCUT2D eigenvalue weighted by molar-refractivity contribution is 7.92. The van der Waals surface area contributed by atoms with Crippen LogP contribution in [0.25, 0.3) is 0 Å². The standard InChI is InChI=1S/C16H23ClN2O3S/c17-13-7-8-14(18)15(20)16(13)23(21,22)12-5-3-11(4-6-12)19-9-1-2-10-19/h7-8,11-12,20H,1-6,9-10,18H2/t11-,12-. The summed E-state index contributed by atoms with van der Waals surface area (Å²) in [6, 6.07) is 3.34. The molecule has 1 aromatic carbocycles. The van der Waals surface area contributed by atoms with E-state index >= 15 is 0 Å². The molecule has 1 saturated heterocycles. The fraction of sp³-hybridized carbons (Fsp3) is 0.625. The third kappa shape index (κ3) is 3.16. The number of nitrogen functional groups attached to an aromatic ring is 1. The van der Waals surface area contributed by atoms with Gasteiger partial charge < -0.3 is 15.7 Å². The highest BCUT2D eigenvalue weighted by Crippen LogP contribution is 2.40. The van der Waals surface area contributed by atoms with Crippen LogP contribution in [0.3, 0.4) is 0 Å². The second kappa shape index (κ2) is 6.49. The summed E-state index contributed by atoms with van der Waals surface area (Å²) in [5, 5.41) is 9.62. The average molecular weight is 359 g/mol. The van der Waals surface area contributed by atoms with Crippen LogP contribution in [0.2, 0.25) is 5.02 Å². The Morgan fingerprint density at radius 3 is 2.35 bits per heavy atom. The summed E-state index contributed by atoms with van der Waals surface area (Å²) in [5.74, 6) is -0.417. The van der Waals surface area contributed by atoms with Crippen LogP contribution in [0.4, 0.5) is 5.69 Å². The van der Waals surface area contributed by atoms with E-state index in [2.05, 4.69) is 4.90 Å². The number of phenolic OH excluding ortho intramolecular Hbond substituents is 1. The average Bonchev–Trinajstić information content (AvgIpc) is 3.06. The van der Waals surface area contributed by atoms with E-state index in [1.54, 1.807) is 0 Å². The van der Waals surface area contributed by atoms with Crippen molar-refractivity contribution in [1.29, 1.82) is 0 Å². The summed E-state index contributed by atoms with van der Waals surface area (Å²) in [6.45, 7) is 2.26. The lowest BCUT2D eigenvalue weighted by atomic mass is 9.94. The van der Waals surface area contributed by atoms with Crippen molar-refractivity contribution in [1.82, 2.24) is 4.90 Å². The minimum absolute atomic E-state index is 0.0402. The number of nitrogens with two attached hydrogens (primary N) is 1. The van der Waals surface area contributed by atoms with E-state index in [1.165, 1.54) is 25.0 Å². The number of rotatable bonds is 3. The lowest BCUT2D eigenvalue weighted by Crippen LogP contribution is -2.39. The van der Waals surface area contributed by atoms with Gasteiger partial charge in [0.25, 0.3) is 0 Å². The Hall–Kier alpha value is -0.980. The maximum Gasteiger partial charge on any atom is 0.186 e. The Labute approximate surface area is 142 Å². The first-order chi connectivity index (χ1) is 10.9. The highest BCUT2D eigenvalue weighted by Gasteiger charge is 2.37. The Morgan fingerprint density at radius 1 is 1.13 bits per heavy atom. The van der Waals surface area contributed by atoms with Gasteiger partial charge in [0, 0.05) is 6.04 Å². The van der Waals surface area contributed by atoms with Crippen molar-refractivity contribution < 1.29 is 13.5 Å². The zero-order chi connectivity index (χ0) is 16.6. The molecule has 1 heterocycles. The minimum atomic E-state index is -3.67. The lowest BCUT2D eigenvalue weighted by Gasteiger charge is -2.34. The molecule has 0 atom stereocenters. The number of nitrogens with zero attached hydrogens (tertiary/aromatic N) is 1. The summed E-state index contributed by atoms with van der Waals surface area (Å²) < 4.78 is 25.8. The van der Waals surface area contributed by atoms with Crippen LogP contribution in [0, 0.1) is 0 Å². The van der Waals surface area contributed by atoms with Gasteiger partial charge in [-0.25, -0.2) is 8.42 Å². The molecule has 1 aliphatic carbocycles. The van der Waals surface area contributed by atoms with Gasteiger partial charge in [-0.05, 0) is 63.7 Å². The minimum Gasteiger partial charge on any atom is -0.504 e. The fourth-order valence-corrected chi connectivity index (χ4v) is 6.25. The number of anilines is 1. The molecule has 23 heavy (non-hydrogen) atoms. The predicted octanol–water partition coefficient (Wildman–Crippen LogP) is 2.81.